The molecule has 2 rings (SSSR count). The predicted molar refractivity (Wildman–Crippen MR) is 59.9 cm³/mol. The minimum Gasteiger partial charge on any atom is -0.461 e. The lowest BCUT2D eigenvalue weighted by Crippen LogP contribution is -2.61. The molecule has 1 N–H and O–H groups in total. The van der Waals surface area contributed by atoms with Crippen molar-refractivity contribution < 1.29 is 19.1 Å². The molecule has 1 saturated heterocycles. The number of nitrogens with zero attached hydrogens (tertiary/aromatic N) is 2. The highest BCUT2D eigenvalue weighted by molar-refractivity contribution is 5.87. The van der Waals surface area contributed by atoms with Crippen LogP contribution in [0.15, 0.2) is 10.7 Å². The maximum atomic E-state index is 11.4. The van der Waals surface area contributed by atoms with Crippen molar-refractivity contribution in [2.45, 2.75) is 25.9 Å². The Hall–Kier alpha value is -1.56. The van der Waals surface area contributed by atoms with Crippen molar-refractivity contribution in [2.24, 2.45) is 0 Å². The molecule has 0 saturated carbocycles. The van der Waals surface area contributed by atoms with Gasteiger partial charge in [-0.25, -0.2) is 4.79 Å². The van der Waals surface area contributed by atoms with Crippen molar-refractivity contribution in [1.29, 1.82) is 0 Å². The van der Waals surface area contributed by atoms with Crippen LogP contribution in [0.25, 0.3) is 0 Å². The summed E-state index contributed by atoms with van der Waals surface area (Å²) in [5.74, 6) is -0.492. The lowest BCUT2D eigenvalue weighted by molar-refractivity contribution is 0.00564. The molecular weight excluding hydrogens is 224 g/mol. The topological polar surface area (TPSA) is 75.8 Å². The summed E-state index contributed by atoms with van der Waals surface area (Å²) in [6, 6.07) is 0.353. The predicted octanol–water partition coefficient (Wildman–Crippen LogP) is 0.812. The van der Waals surface area contributed by atoms with Gasteiger partial charge in [0.15, 0.2) is 5.69 Å². The fourth-order valence-electron chi connectivity index (χ4n) is 1.73. The second-order valence-corrected chi connectivity index (χ2v) is 4.17. The summed E-state index contributed by atoms with van der Waals surface area (Å²) in [5, 5.41) is 9.85. The Balaban J connectivity index is 1.98. The number of hydrogen-bond acceptors (Lipinski definition) is 6. The Morgan fingerprint density at radius 3 is 2.94 bits per heavy atom. The lowest BCUT2D eigenvalue weighted by Gasteiger charge is -2.45. The summed E-state index contributed by atoms with van der Waals surface area (Å²) in [4.78, 5) is 17.2. The molecule has 6 heteroatoms. The highest BCUT2D eigenvalue weighted by Gasteiger charge is 2.41. The van der Waals surface area contributed by atoms with E-state index in [1.165, 1.54) is 6.26 Å². The number of β-amino-alcohol motifs (C(OH)–C–C–N with tert-alkyl or cyclic N) is 1. The molecule has 1 aromatic rings. The van der Waals surface area contributed by atoms with Gasteiger partial charge in [0.2, 0.25) is 0 Å². The SMILES string of the molecule is CCOC(=O)c1coc(N2CC(O)(CC)C2)n1. The molecule has 0 amide bonds. The summed E-state index contributed by atoms with van der Waals surface area (Å²) in [6.07, 6.45) is 1.96. The highest BCUT2D eigenvalue weighted by atomic mass is 16.5. The van der Waals surface area contributed by atoms with Crippen molar-refractivity contribution in [2.75, 3.05) is 24.6 Å². The van der Waals surface area contributed by atoms with E-state index in [0.29, 0.717) is 32.1 Å². The Kier molecular flexibility index (Phi) is 3.06. The average Bonchev–Trinajstić information content (AvgIpc) is 2.74. The number of aromatic nitrogens is 1. The number of carbonyl (C=O) groups excluding carboxylic acids is 1. The largest absolute Gasteiger partial charge is 0.461 e. The molecule has 2 heterocycles. The zero-order valence-electron chi connectivity index (χ0n) is 9.97. The monoisotopic (exact) mass is 240 g/mol. The fourth-order valence-corrected chi connectivity index (χ4v) is 1.73. The maximum absolute atomic E-state index is 11.4. The van der Waals surface area contributed by atoms with Crippen LogP contribution < -0.4 is 4.90 Å². The molecule has 0 radical (unpaired) electrons. The zero-order chi connectivity index (χ0) is 12.5. The minimum absolute atomic E-state index is 0.161. The van der Waals surface area contributed by atoms with Crippen LogP contribution in [0.4, 0.5) is 6.01 Å². The van der Waals surface area contributed by atoms with Gasteiger partial charge in [-0.15, -0.1) is 0 Å². The van der Waals surface area contributed by atoms with E-state index in [1.807, 2.05) is 6.92 Å². The molecule has 1 aliphatic rings. The van der Waals surface area contributed by atoms with Crippen molar-refractivity contribution >= 4 is 12.0 Å². The van der Waals surface area contributed by atoms with Crippen molar-refractivity contribution in [3.8, 4) is 0 Å². The third kappa shape index (κ3) is 2.26. The third-order valence-corrected chi connectivity index (χ3v) is 2.88. The van der Waals surface area contributed by atoms with E-state index in [9.17, 15) is 9.90 Å². The van der Waals surface area contributed by atoms with Crippen LogP contribution in [-0.2, 0) is 4.74 Å². The molecule has 0 atom stereocenters. The summed E-state index contributed by atoms with van der Waals surface area (Å²) in [5.41, 5.74) is -0.493. The summed E-state index contributed by atoms with van der Waals surface area (Å²) >= 11 is 0. The Morgan fingerprint density at radius 2 is 2.35 bits per heavy atom. The molecule has 0 aliphatic carbocycles. The summed E-state index contributed by atoms with van der Waals surface area (Å²) < 4.78 is 9.98. The Labute approximate surface area is 99.2 Å². The van der Waals surface area contributed by atoms with Crippen molar-refractivity contribution in [1.82, 2.24) is 4.98 Å². The van der Waals surface area contributed by atoms with Crippen molar-refractivity contribution in [3.63, 3.8) is 0 Å². The van der Waals surface area contributed by atoms with Gasteiger partial charge in [-0.1, -0.05) is 6.92 Å². The molecule has 94 valence electrons. The average molecular weight is 240 g/mol. The summed E-state index contributed by atoms with van der Waals surface area (Å²) in [7, 11) is 0. The van der Waals surface area contributed by atoms with Crippen LogP contribution in [0.3, 0.4) is 0 Å². The third-order valence-electron chi connectivity index (χ3n) is 2.88. The second kappa shape index (κ2) is 4.37. The van der Waals surface area contributed by atoms with Gasteiger partial charge in [-0.3, -0.25) is 0 Å². The van der Waals surface area contributed by atoms with E-state index >= 15 is 0 Å². The minimum atomic E-state index is -0.654. The van der Waals surface area contributed by atoms with E-state index in [4.69, 9.17) is 9.15 Å². The number of anilines is 1. The standard InChI is InChI=1S/C11H16N2O4/c1-3-11(15)6-13(7-11)10-12-8(5-17-10)9(14)16-4-2/h5,15H,3-4,6-7H2,1-2H3. The van der Waals surface area contributed by atoms with Crippen LogP contribution in [0.2, 0.25) is 0 Å². The first-order valence-corrected chi connectivity index (χ1v) is 5.68. The molecular formula is C11H16N2O4. The number of hydrogen-bond donors (Lipinski definition) is 1. The Bertz CT molecular complexity index is 409. The molecule has 1 aromatic heterocycles. The molecule has 1 fully saturated rings. The smallest absolute Gasteiger partial charge is 0.360 e. The fraction of sp³-hybridized carbons (Fsp3) is 0.636. The number of esters is 1. The first-order chi connectivity index (χ1) is 8.08. The van der Waals surface area contributed by atoms with Gasteiger partial charge in [-0.2, -0.15) is 4.98 Å². The number of aliphatic hydroxyl groups is 1. The molecule has 0 aromatic carbocycles. The molecule has 0 unspecified atom stereocenters. The van der Waals surface area contributed by atoms with Gasteiger partial charge in [0.05, 0.1) is 25.3 Å². The molecule has 6 nitrogen and oxygen atoms in total. The maximum Gasteiger partial charge on any atom is 0.360 e. The molecule has 17 heavy (non-hydrogen) atoms. The zero-order valence-corrected chi connectivity index (χ0v) is 9.97. The lowest BCUT2D eigenvalue weighted by atomic mass is 9.92. The van der Waals surface area contributed by atoms with Gasteiger partial charge < -0.3 is 19.2 Å². The van der Waals surface area contributed by atoms with E-state index in [1.54, 1.807) is 11.8 Å². The van der Waals surface area contributed by atoms with Crippen molar-refractivity contribution in [3.05, 3.63) is 12.0 Å². The van der Waals surface area contributed by atoms with Crippen LogP contribution in [-0.4, -0.2) is 41.4 Å². The number of rotatable bonds is 4. The highest BCUT2D eigenvalue weighted by Crippen LogP contribution is 2.29. The van der Waals surface area contributed by atoms with Crippen LogP contribution in [0.5, 0.6) is 0 Å². The Morgan fingerprint density at radius 1 is 1.65 bits per heavy atom. The van der Waals surface area contributed by atoms with Crippen LogP contribution in [0.1, 0.15) is 30.8 Å². The molecule has 0 bridgehead atoms. The van der Waals surface area contributed by atoms with Crippen LogP contribution >= 0.6 is 0 Å². The summed E-state index contributed by atoms with van der Waals surface area (Å²) in [6.45, 7) is 4.92. The van der Waals surface area contributed by atoms with E-state index in [2.05, 4.69) is 4.98 Å². The van der Waals surface area contributed by atoms with Gasteiger partial charge in [-0.05, 0) is 13.3 Å². The number of oxazole rings is 1. The van der Waals surface area contributed by atoms with Gasteiger partial charge in [0.25, 0.3) is 6.01 Å². The van der Waals surface area contributed by atoms with Gasteiger partial charge >= 0.3 is 5.97 Å². The quantitative estimate of drug-likeness (QED) is 0.785. The van der Waals surface area contributed by atoms with E-state index < -0.39 is 11.6 Å². The molecule has 1 aliphatic heterocycles. The normalized spacial score (nSPS) is 17.7. The first kappa shape index (κ1) is 11.9. The number of carbonyl (C=O) groups is 1. The number of ether oxygens (including phenoxy) is 1. The van der Waals surface area contributed by atoms with Crippen LogP contribution in [0, 0.1) is 0 Å². The first-order valence-electron chi connectivity index (χ1n) is 5.68. The van der Waals surface area contributed by atoms with E-state index in [-0.39, 0.29) is 5.69 Å². The van der Waals surface area contributed by atoms with E-state index in [0.717, 1.165) is 0 Å². The molecule has 0 spiro atoms. The second-order valence-electron chi connectivity index (χ2n) is 4.17. The van der Waals surface area contributed by atoms with Gasteiger partial charge in [0.1, 0.15) is 6.26 Å². The van der Waals surface area contributed by atoms with Gasteiger partial charge in [0, 0.05) is 0 Å².